The zero-order valence-corrected chi connectivity index (χ0v) is 13.1. The number of alkyl halides is 1. The van der Waals surface area contributed by atoms with Crippen molar-refractivity contribution in [2.45, 2.75) is 17.9 Å². The highest BCUT2D eigenvalue weighted by molar-refractivity contribution is 9.10. The number of carbonyl (C=O) groups excluding carboxylic acids is 1. The number of carbonyl (C=O) groups is 1. The largest absolute Gasteiger partial charge is 0.465 e. The van der Waals surface area contributed by atoms with Crippen molar-refractivity contribution in [3.05, 3.63) is 23.8 Å². The summed E-state index contributed by atoms with van der Waals surface area (Å²) in [4.78, 5) is 11.2. The van der Waals surface area contributed by atoms with Gasteiger partial charge in [-0.2, -0.15) is 0 Å². The topological polar surface area (TPSA) is 54.0 Å². The standard InChI is InChI=1S/C15H15BrO5/c1-3-7-19-14(13(16)15(17)18-4-2)10-5-6-11-12(8-10)21-9-20-11/h1,5-6,8,13-14H,4,7,9H2,2H3/t13-,14+/m1/s1. The second-order valence-corrected chi connectivity index (χ2v) is 5.19. The maximum atomic E-state index is 11.9. The van der Waals surface area contributed by atoms with Gasteiger partial charge in [0.1, 0.15) is 17.5 Å². The Morgan fingerprint density at radius 2 is 2.24 bits per heavy atom. The van der Waals surface area contributed by atoms with Crippen molar-refractivity contribution < 1.29 is 23.7 Å². The Hall–Kier alpha value is -1.71. The van der Waals surface area contributed by atoms with Crippen molar-refractivity contribution >= 4 is 21.9 Å². The van der Waals surface area contributed by atoms with Crippen molar-refractivity contribution in [3.63, 3.8) is 0 Å². The number of benzene rings is 1. The molecule has 2 atom stereocenters. The number of ether oxygens (including phenoxy) is 4. The van der Waals surface area contributed by atoms with Gasteiger partial charge in [0.2, 0.25) is 6.79 Å². The SMILES string of the molecule is C#CCO[C@@H](c1ccc2c(c1)OCO2)[C@@H](Br)C(=O)OCC. The average Bonchev–Trinajstić information content (AvgIpc) is 2.95. The van der Waals surface area contributed by atoms with E-state index in [-0.39, 0.29) is 13.4 Å². The summed E-state index contributed by atoms with van der Waals surface area (Å²) in [5.41, 5.74) is 0.754. The maximum Gasteiger partial charge on any atom is 0.322 e. The first kappa shape index (κ1) is 15.7. The number of rotatable bonds is 6. The van der Waals surface area contributed by atoms with E-state index in [0.717, 1.165) is 5.56 Å². The smallest absolute Gasteiger partial charge is 0.322 e. The summed E-state index contributed by atoms with van der Waals surface area (Å²) >= 11 is 3.32. The monoisotopic (exact) mass is 354 g/mol. The lowest BCUT2D eigenvalue weighted by atomic mass is 10.1. The molecule has 0 amide bonds. The Morgan fingerprint density at radius 3 is 2.95 bits per heavy atom. The minimum atomic E-state index is -0.661. The van der Waals surface area contributed by atoms with Crippen LogP contribution >= 0.6 is 15.9 Å². The van der Waals surface area contributed by atoms with Crippen molar-refractivity contribution in [1.29, 1.82) is 0 Å². The third-order valence-corrected chi connectivity index (χ3v) is 3.70. The Bertz CT molecular complexity index is 551. The minimum absolute atomic E-state index is 0.0839. The lowest BCUT2D eigenvalue weighted by Crippen LogP contribution is -2.27. The molecule has 21 heavy (non-hydrogen) atoms. The van der Waals surface area contributed by atoms with E-state index in [1.807, 2.05) is 6.07 Å². The molecular weight excluding hydrogens is 340 g/mol. The molecular formula is C15H15BrO5. The van der Waals surface area contributed by atoms with Gasteiger partial charge in [-0.15, -0.1) is 6.42 Å². The van der Waals surface area contributed by atoms with Crippen LogP contribution in [0.4, 0.5) is 0 Å². The van der Waals surface area contributed by atoms with E-state index < -0.39 is 16.9 Å². The predicted octanol–water partition coefficient (Wildman–Crippen LogP) is 2.43. The molecule has 1 aliphatic rings. The van der Waals surface area contributed by atoms with Gasteiger partial charge >= 0.3 is 5.97 Å². The van der Waals surface area contributed by atoms with Gasteiger partial charge in [0.25, 0.3) is 0 Å². The first-order valence-electron chi connectivity index (χ1n) is 6.42. The molecule has 0 aromatic heterocycles. The van der Waals surface area contributed by atoms with Crippen molar-refractivity contribution in [2.75, 3.05) is 20.0 Å². The molecule has 1 aromatic rings. The number of hydrogen-bond acceptors (Lipinski definition) is 5. The first-order valence-corrected chi connectivity index (χ1v) is 7.34. The Balaban J connectivity index is 2.23. The summed E-state index contributed by atoms with van der Waals surface area (Å²) in [5, 5.41) is 0. The molecule has 0 spiro atoms. The highest BCUT2D eigenvalue weighted by Gasteiger charge is 2.30. The van der Waals surface area contributed by atoms with Gasteiger partial charge in [0.05, 0.1) is 6.61 Å². The molecule has 0 fully saturated rings. The van der Waals surface area contributed by atoms with Crippen molar-refractivity contribution in [2.24, 2.45) is 0 Å². The van der Waals surface area contributed by atoms with E-state index in [9.17, 15) is 4.79 Å². The van der Waals surface area contributed by atoms with Gasteiger partial charge in [-0.1, -0.05) is 27.9 Å². The van der Waals surface area contributed by atoms with Crippen LogP contribution in [-0.2, 0) is 14.3 Å². The number of terminal acetylenes is 1. The third-order valence-electron chi connectivity index (χ3n) is 2.85. The van der Waals surface area contributed by atoms with Crippen LogP contribution in [0.1, 0.15) is 18.6 Å². The van der Waals surface area contributed by atoms with Gasteiger partial charge in [-0.3, -0.25) is 4.79 Å². The summed E-state index contributed by atoms with van der Waals surface area (Å²) in [6, 6.07) is 5.36. The maximum absolute atomic E-state index is 11.9. The molecule has 0 radical (unpaired) electrons. The summed E-state index contributed by atoms with van der Waals surface area (Å²) in [6.07, 6.45) is 4.65. The predicted molar refractivity (Wildman–Crippen MR) is 79.4 cm³/mol. The van der Waals surface area contributed by atoms with Gasteiger partial charge in [-0.25, -0.2) is 0 Å². The molecule has 0 saturated carbocycles. The van der Waals surface area contributed by atoms with Gasteiger partial charge < -0.3 is 18.9 Å². The van der Waals surface area contributed by atoms with E-state index in [1.54, 1.807) is 19.1 Å². The summed E-state index contributed by atoms with van der Waals surface area (Å²) in [6.45, 7) is 2.31. The highest BCUT2D eigenvalue weighted by Crippen LogP contribution is 2.37. The fraction of sp³-hybridized carbons (Fsp3) is 0.400. The quantitative estimate of drug-likeness (QED) is 0.446. The second kappa shape index (κ2) is 7.34. The molecule has 6 heteroatoms. The molecule has 0 unspecified atom stereocenters. The fourth-order valence-electron chi connectivity index (χ4n) is 1.92. The van der Waals surface area contributed by atoms with Crippen LogP contribution in [0.5, 0.6) is 11.5 Å². The average molecular weight is 355 g/mol. The molecule has 112 valence electrons. The molecule has 1 aliphatic heterocycles. The Kier molecular flexibility index (Phi) is 5.48. The first-order chi connectivity index (χ1) is 10.2. The summed E-state index contributed by atoms with van der Waals surface area (Å²) < 4.78 is 21.2. The molecule has 2 rings (SSSR count). The molecule has 1 aromatic carbocycles. The van der Waals surface area contributed by atoms with E-state index >= 15 is 0 Å². The van der Waals surface area contributed by atoms with Crippen LogP contribution in [0.3, 0.4) is 0 Å². The van der Waals surface area contributed by atoms with Gasteiger partial charge in [-0.05, 0) is 24.6 Å². The van der Waals surface area contributed by atoms with Crippen LogP contribution in [0.2, 0.25) is 0 Å². The molecule has 0 bridgehead atoms. The Labute approximate surface area is 131 Å². The van der Waals surface area contributed by atoms with E-state index in [4.69, 9.17) is 25.4 Å². The van der Waals surface area contributed by atoms with Crippen LogP contribution < -0.4 is 9.47 Å². The third kappa shape index (κ3) is 3.69. The van der Waals surface area contributed by atoms with Crippen LogP contribution in [0.15, 0.2) is 18.2 Å². The zero-order chi connectivity index (χ0) is 15.2. The van der Waals surface area contributed by atoms with Crippen LogP contribution in [-0.4, -0.2) is 30.8 Å². The highest BCUT2D eigenvalue weighted by atomic mass is 79.9. The molecule has 0 saturated heterocycles. The van der Waals surface area contributed by atoms with Crippen LogP contribution in [0, 0.1) is 12.3 Å². The van der Waals surface area contributed by atoms with Crippen LogP contribution in [0.25, 0.3) is 0 Å². The van der Waals surface area contributed by atoms with Gasteiger partial charge in [0.15, 0.2) is 11.5 Å². The van der Waals surface area contributed by atoms with Crippen molar-refractivity contribution in [1.82, 2.24) is 0 Å². The number of fused-ring (bicyclic) bond motifs is 1. The number of hydrogen-bond donors (Lipinski definition) is 0. The molecule has 1 heterocycles. The fourth-order valence-corrected chi connectivity index (χ4v) is 2.51. The van der Waals surface area contributed by atoms with E-state index in [2.05, 4.69) is 21.9 Å². The normalized spacial score (nSPS) is 15.1. The lowest BCUT2D eigenvalue weighted by Gasteiger charge is -2.21. The molecule has 0 aliphatic carbocycles. The minimum Gasteiger partial charge on any atom is -0.465 e. The van der Waals surface area contributed by atoms with Crippen molar-refractivity contribution in [3.8, 4) is 23.8 Å². The lowest BCUT2D eigenvalue weighted by molar-refractivity contribution is -0.145. The second-order valence-electron chi connectivity index (χ2n) is 4.20. The Morgan fingerprint density at radius 1 is 1.48 bits per heavy atom. The van der Waals surface area contributed by atoms with E-state index in [0.29, 0.717) is 18.1 Å². The number of esters is 1. The zero-order valence-electron chi connectivity index (χ0n) is 11.5. The summed E-state index contributed by atoms with van der Waals surface area (Å²) in [7, 11) is 0. The van der Waals surface area contributed by atoms with E-state index in [1.165, 1.54) is 0 Å². The molecule has 5 nitrogen and oxygen atoms in total. The summed E-state index contributed by atoms with van der Waals surface area (Å²) in [5.74, 6) is 3.27. The molecule has 0 N–H and O–H groups in total. The number of halogens is 1. The van der Waals surface area contributed by atoms with Gasteiger partial charge in [0, 0.05) is 0 Å².